The molecule has 1 heterocycles. The van der Waals surface area contributed by atoms with Crippen LogP contribution in [0.15, 0.2) is 29.6 Å². The number of hydrogen-bond acceptors (Lipinski definition) is 3. The fraction of sp³-hybridized carbons (Fsp3) is 0.0833. The maximum absolute atomic E-state index is 12.8. The minimum atomic E-state index is -0.992. The highest BCUT2D eigenvalue weighted by atomic mass is 35.5. The van der Waals surface area contributed by atoms with Crippen LogP contribution in [-0.4, -0.2) is 11.1 Å². The molecule has 3 nitrogen and oxygen atoms in total. The topological polar surface area (TPSA) is 46.5 Å². The second kappa shape index (κ2) is 5.37. The van der Waals surface area contributed by atoms with Gasteiger partial charge in [-0.2, -0.15) is 0 Å². The number of hydrogen-bond donors (Lipinski definition) is 1. The van der Waals surface area contributed by atoms with E-state index in [1.807, 2.05) is 0 Å². The maximum atomic E-state index is 12.8. The molecule has 2 aromatic rings. The first kappa shape index (κ1) is 12.9. The van der Waals surface area contributed by atoms with E-state index in [9.17, 15) is 9.18 Å². The van der Waals surface area contributed by atoms with Gasteiger partial charge >= 0.3 is 5.97 Å². The number of halogens is 2. The number of ether oxygens (including phenoxy) is 1. The third kappa shape index (κ3) is 2.80. The Morgan fingerprint density at radius 3 is 2.89 bits per heavy atom. The molecule has 0 fully saturated rings. The van der Waals surface area contributed by atoms with Crippen molar-refractivity contribution in [3.05, 3.63) is 50.9 Å². The average Bonchev–Trinajstić information content (AvgIpc) is 2.76. The van der Waals surface area contributed by atoms with Crippen LogP contribution in [0.1, 0.15) is 15.2 Å². The van der Waals surface area contributed by atoms with Crippen molar-refractivity contribution in [3.8, 4) is 5.75 Å². The Labute approximate surface area is 111 Å². The first-order valence-corrected chi connectivity index (χ1v) is 6.21. The van der Waals surface area contributed by atoms with Gasteiger partial charge in [0.1, 0.15) is 23.1 Å². The van der Waals surface area contributed by atoms with Gasteiger partial charge in [0.15, 0.2) is 0 Å². The first-order chi connectivity index (χ1) is 8.58. The minimum absolute atomic E-state index is 0.0798. The van der Waals surface area contributed by atoms with Crippen LogP contribution < -0.4 is 4.74 Å². The van der Waals surface area contributed by atoms with Crippen LogP contribution in [0.2, 0.25) is 5.02 Å². The van der Waals surface area contributed by atoms with Gasteiger partial charge in [-0.3, -0.25) is 0 Å². The van der Waals surface area contributed by atoms with Gasteiger partial charge in [0, 0.05) is 5.56 Å². The standard InChI is InChI=1S/C12H8ClFO3S/c13-9-5-8(14)1-2-10(9)17-6-7-3-4-18-11(7)12(15)16/h1-5H,6H2,(H,15,16). The van der Waals surface area contributed by atoms with E-state index in [0.29, 0.717) is 11.3 Å². The third-order valence-electron chi connectivity index (χ3n) is 2.22. The van der Waals surface area contributed by atoms with Gasteiger partial charge < -0.3 is 9.84 Å². The zero-order valence-electron chi connectivity index (χ0n) is 9.02. The zero-order chi connectivity index (χ0) is 13.1. The molecule has 0 spiro atoms. The number of thiophene rings is 1. The number of aromatic carboxylic acids is 1. The van der Waals surface area contributed by atoms with Crippen LogP contribution in [-0.2, 0) is 6.61 Å². The average molecular weight is 287 g/mol. The van der Waals surface area contributed by atoms with E-state index >= 15 is 0 Å². The lowest BCUT2D eigenvalue weighted by molar-refractivity contribution is 0.0699. The predicted octanol–water partition coefficient (Wildman–Crippen LogP) is 3.82. The Hall–Kier alpha value is -1.59. The quantitative estimate of drug-likeness (QED) is 0.929. The summed E-state index contributed by atoms with van der Waals surface area (Å²) in [6.07, 6.45) is 0. The van der Waals surface area contributed by atoms with Crippen molar-refractivity contribution < 1.29 is 19.0 Å². The molecule has 0 unspecified atom stereocenters. The summed E-state index contributed by atoms with van der Waals surface area (Å²) in [5, 5.41) is 10.8. The summed E-state index contributed by atoms with van der Waals surface area (Å²) in [5.41, 5.74) is 0.563. The maximum Gasteiger partial charge on any atom is 0.346 e. The SMILES string of the molecule is O=C(O)c1sccc1COc1ccc(F)cc1Cl. The van der Waals surface area contributed by atoms with E-state index in [4.69, 9.17) is 21.4 Å². The molecule has 0 saturated carbocycles. The smallest absolute Gasteiger partial charge is 0.346 e. The zero-order valence-corrected chi connectivity index (χ0v) is 10.6. The van der Waals surface area contributed by atoms with E-state index in [1.165, 1.54) is 12.1 Å². The molecule has 0 aliphatic carbocycles. The fourth-order valence-electron chi connectivity index (χ4n) is 1.38. The van der Waals surface area contributed by atoms with Gasteiger partial charge in [-0.1, -0.05) is 11.6 Å². The largest absolute Gasteiger partial charge is 0.487 e. The molecule has 1 aromatic heterocycles. The molecule has 0 radical (unpaired) electrons. The molecule has 0 atom stereocenters. The van der Waals surface area contributed by atoms with E-state index in [1.54, 1.807) is 11.4 Å². The van der Waals surface area contributed by atoms with Gasteiger partial charge in [0.05, 0.1) is 5.02 Å². The molecule has 0 saturated heterocycles. The predicted molar refractivity (Wildman–Crippen MR) is 67.0 cm³/mol. The van der Waals surface area contributed by atoms with Gasteiger partial charge in [-0.05, 0) is 29.6 Å². The van der Waals surface area contributed by atoms with E-state index in [2.05, 4.69) is 0 Å². The van der Waals surface area contributed by atoms with E-state index < -0.39 is 11.8 Å². The number of benzene rings is 1. The van der Waals surface area contributed by atoms with Crippen LogP contribution in [0.4, 0.5) is 4.39 Å². The summed E-state index contributed by atoms with van der Waals surface area (Å²) in [6.45, 7) is 0.0798. The summed E-state index contributed by atoms with van der Waals surface area (Å²) in [6, 6.07) is 5.45. The first-order valence-electron chi connectivity index (χ1n) is 4.95. The number of carbonyl (C=O) groups is 1. The minimum Gasteiger partial charge on any atom is -0.487 e. The molecule has 1 aromatic carbocycles. The summed E-state index contributed by atoms with van der Waals surface area (Å²) in [7, 11) is 0. The molecular weight excluding hydrogens is 279 g/mol. The van der Waals surface area contributed by atoms with Crippen molar-refractivity contribution >= 4 is 28.9 Å². The highest BCUT2D eigenvalue weighted by Gasteiger charge is 2.12. The van der Waals surface area contributed by atoms with E-state index in [-0.39, 0.29) is 16.5 Å². The van der Waals surface area contributed by atoms with Crippen LogP contribution in [0.3, 0.4) is 0 Å². The van der Waals surface area contributed by atoms with Crippen molar-refractivity contribution in [1.82, 2.24) is 0 Å². The second-order valence-electron chi connectivity index (χ2n) is 3.44. The molecule has 2 rings (SSSR count). The van der Waals surface area contributed by atoms with Gasteiger partial charge in [0.25, 0.3) is 0 Å². The Morgan fingerprint density at radius 1 is 1.44 bits per heavy atom. The highest BCUT2D eigenvalue weighted by Crippen LogP contribution is 2.26. The third-order valence-corrected chi connectivity index (χ3v) is 3.46. The Kier molecular flexibility index (Phi) is 3.84. The molecular formula is C12H8ClFO3S. The van der Waals surface area contributed by atoms with Crippen LogP contribution >= 0.6 is 22.9 Å². The van der Waals surface area contributed by atoms with Crippen molar-refractivity contribution in [1.29, 1.82) is 0 Å². The lowest BCUT2D eigenvalue weighted by atomic mass is 10.2. The van der Waals surface area contributed by atoms with Crippen LogP contribution in [0.25, 0.3) is 0 Å². The number of carboxylic acids is 1. The summed E-state index contributed by atoms with van der Waals surface area (Å²) >= 11 is 6.92. The normalized spacial score (nSPS) is 10.3. The number of rotatable bonds is 4. The molecule has 18 heavy (non-hydrogen) atoms. The van der Waals surface area contributed by atoms with E-state index in [0.717, 1.165) is 17.4 Å². The summed E-state index contributed by atoms with van der Waals surface area (Å²) in [5.74, 6) is -1.12. The Balaban J connectivity index is 2.11. The van der Waals surface area contributed by atoms with Crippen molar-refractivity contribution in [2.75, 3.05) is 0 Å². The van der Waals surface area contributed by atoms with Gasteiger partial charge in [-0.15, -0.1) is 11.3 Å². The molecule has 94 valence electrons. The molecule has 0 aliphatic heterocycles. The Morgan fingerprint density at radius 2 is 2.22 bits per heavy atom. The van der Waals surface area contributed by atoms with Crippen molar-refractivity contribution in [3.63, 3.8) is 0 Å². The molecule has 6 heteroatoms. The lowest BCUT2D eigenvalue weighted by Crippen LogP contribution is -2.02. The fourth-order valence-corrected chi connectivity index (χ4v) is 2.35. The molecule has 0 amide bonds. The van der Waals surface area contributed by atoms with Gasteiger partial charge in [0.2, 0.25) is 0 Å². The lowest BCUT2D eigenvalue weighted by Gasteiger charge is -2.07. The summed E-state index contributed by atoms with van der Waals surface area (Å²) in [4.78, 5) is 11.1. The van der Waals surface area contributed by atoms with Crippen LogP contribution in [0, 0.1) is 5.82 Å². The molecule has 0 bridgehead atoms. The van der Waals surface area contributed by atoms with Crippen LogP contribution in [0.5, 0.6) is 5.75 Å². The highest BCUT2D eigenvalue weighted by molar-refractivity contribution is 7.12. The monoisotopic (exact) mass is 286 g/mol. The van der Waals surface area contributed by atoms with Gasteiger partial charge in [-0.25, -0.2) is 9.18 Å². The molecule has 1 N–H and O–H groups in total. The van der Waals surface area contributed by atoms with Crippen molar-refractivity contribution in [2.24, 2.45) is 0 Å². The summed E-state index contributed by atoms with van der Waals surface area (Å²) < 4.78 is 18.2. The second-order valence-corrected chi connectivity index (χ2v) is 4.77. The number of carboxylic acid groups (broad SMARTS) is 1. The molecule has 0 aliphatic rings. The van der Waals surface area contributed by atoms with Crippen molar-refractivity contribution in [2.45, 2.75) is 6.61 Å². The Bertz CT molecular complexity index is 582.